The maximum Gasteiger partial charge on any atom is 0.306 e. The molecule has 0 rings (SSSR count). The first-order chi connectivity index (χ1) is 15.4. The lowest BCUT2D eigenvalue weighted by Gasteiger charge is -2.29. The van der Waals surface area contributed by atoms with Crippen LogP contribution in [0.1, 0.15) is 71.1 Å². The molecule has 0 aromatic heterocycles. The Labute approximate surface area is 199 Å². The van der Waals surface area contributed by atoms with Crippen molar-refractivity contribution in [2.24, 2.45) is 0 Å². The van der Waals surface area contributed by atoms with E-state index in [1.54, 1.807) is 0 Å². The highest BCUT2D eigenvalue weighted by Gasteiger charge is 2.22. The second kappa shape index (κ2) is 17.7. The van der Waals surface area contributed by atoms with Gasteiger partial charge in [0.1, 0.15) is 6.54 Å². The van der Waals surface area contributed by atoms with Crippen molar-refractivity contribution in [1.82, 2.24) is 0 Å². The zero-order valence-electron chi connectivity index (χ0n) is 20.8. The minimum Gasteiger partial charge on any atom is -0.550 e. The first-order valence-corrected chi connectivity index (χ1v) is 12.0. The van der Waals surface area contributed by atoms with E-state index in [0.717, 1.165) is 32.1 Å². The number of hydrogen-bond acceptors (Lipinski definition) is 7. The highest BCUT2D eigenvalue weighted by Crippen LogP contribution is 2.12. The number of carbonyl (C=O) groups is 2. The number of aliphatic hydroxyl groups excluding tert-OH is 3. The second-order valence-electron chi connectivity index (χ2n) is 9.59. The number of quaternary nitrogens is 1. The summed E-state index contributed by atoms with van der Waals surface area (Å²) in [7, 11) is 5.71. The van der Waals surface area contributed by atoms with E-state index in [9.17, 15) is 30.0 Å². The molecule has 8 heteroatoms. The van der Waals surface area contributed by atoms with Crippen LogP contribution in [0.5, 0.6) is 0 Å². The average molecular weight is 472 g/mol. The van der Waals surface area contributed by atoms with Crippen molar-refractivity contribution in [3.8, 4) is 0 Å². The van der Waals surface area contributed by atoms with Crippen molar-refractivity contribution in [3.63, 3.8) is 0 Å². The molecule has 0 aromatic carbocycles. The number of likely N-dealkylation sites (N-methyl/N-ethyl adjacent to an activating group) is 1. The monoisotopic (exact) mass is 471 g/mol. The maximum absolute atomic E-state index is 12.0. The molecule has 0 amide bonds. The SMILES string of the molecule is CC/C=C/CC(O)C(O)/C=C/C(O)CCCCCCCC(=O)OC(CC(=O)[O-])C[N+](C)(C)C. The Kier molecular flexibility index (Phi) is 16.8. The Bertz CT molecular complexity index is 598. The molecular formula is C25H45NO7. The van der Waals surface area contributed by atoms with E-state index in [-0.39, 0.29) is 18.8 Å². The summed E-state index contributed by atoms with van der Waals surface area (Å²) in [4.78, 5) is 22.9. The lowest BCUT2D eigenvalue weighted by molar-refractivity contribution is -0.873. The minimum absolute atomic E-state index is 0.250. The molecule has 0 aliphatic heterocycles. The van der Waals surface area contributed by atoms with Gasteiger partial charge in [0.2, 0.25) is 0 Å². The van der Waals surface area contributed by atoms with Crippen molar-refractivity contribution in [2.75, 3.05) is 27.7 Å². The molecule has 0 fully saturated rings. The number of unbranched alkanes of at least 4 members (excludes halogenated alkanes) is 4. The Balaban J connectivity index is 3.99. The van der Waals surface area contributed by atoms with Gasteiger partial charge in [-0.15, -0.1) is 0 Å². The fourth-order valence-electron chi connectivity index (χ4n) is 3.35. The second-order valence-corrected chi connectivity index (χ2v) is 9.59. The summed E-state index contributed by atoms with van der Waals surface area (Å²) in [5, 5.41) is 40.6. The molecule has 8 nitrogen and oxygen atoms in total. The van der Waals surface area contributed by atoms with Crippen molar-refractivity contribution >= 4 is 11.9 Å². The van der Waals surface area contributed by atoms with Crippen LogP contribution >= 0.6 is 0 Å². The fourth-order valence-corrected chi connectivity index (χ4v) is 3.35. The number of allylic oxidation sites excluding steroid dienone is 1. The summed E-state index contributed by atoms with van der Waals surface area (Å²) >= 11 is 0. The zero-order valence-corrected chi connectivity index (χ0v) is 20.8. The third-order valence-corrected chi connectivity index (χ3v) is 5.03. The minimum atomic E-state index is -1.23. The molecule has 0 radical (unpaired) electrons. The number of carboxylic acid groups (broad SMARTS) is 1. The predicted octanol–water partition coefficient (Wildman–Crippen LogP) is 1.47. The summed E-state index contributed by atoms with van der Waals surface area (Å²) < 4.78 is 5.82. The molecule has 0 aromatic rings. The van der Waals surface area contributed by atoms with Crippen LogP contribution < -0.4 is 5.11 Å². The molecule has 0 heterocycles. The number of esters is 1. The molecule has 3 N–H and O–H groups in total. The number of carboxylic acids is 1. The number of aliphatic carboxylic acids is 1. The highest BCUT2D eigenvalue weighted by atomic mass is 16.5. The Morgan fingerprint density at radius 1 is 0.970 bits per heavy atom. The third-order valence-electron chi connectivity index (χ3n) is 5.03. The van der Waals surface area contributed by atoms with E-state index in [4.69, 9.17) is 4.74 Å². The number of nitrogens with zero attached hydrogens (tertiary/aromatic N) is 1. The van der Waals surface area contributed by atoms with Crippen molar-refractivity contribution in [1.29, 1.82) is 0 Å². The number of aliphatic hydroxyl groups is 3. The van der Waals surface area contributed by atoms with E-state index in [2.05, 4.69) is 0 Å². The number of hydrogen-bond donors (Lipinski definition) is 3. The lowest BCUT2D eigenvalue weighted by atomic mass is 10.0. The van der Waals surface area contributed by atoms with Gasteiger partial charge in [0.05, 0.1) is 39.5 Å². The van der Waals surface area contributed by atoms with E-state index in [0.29, 0.717) is 30.3 Å². The van der Waals surface area contributed by atoms with Gasteiger partial charge in [-0.3, -0.25) is 4.79 Å². The molecule has 0 saturated heterocycles. The average Bonchev–Trinajstić information content (AvgIpc) is 2.69. The van der Waals surface area contributed by atoms with Gasteiger partial charge in [0, 0.05) is 18.8 Å². The molecule has 0 aliphatic rings. The van der Waals surface area contributed by atoms with E-state index in [1.165, 1.54) is 12.2 Å². The highest BCUT2D eigenvalue weighted by molar-refractivity contribution is 5.70. The van der Waals surface area contributed by atoms with Crippen LogP contribution in [0, 0.1) is 0 Å². The van der Waals surface area contributed by atoms with Crippen LogP contribution in [-0.4, -0.2) is 83.8 Å². The molecular weight excluding hydrogens is 426 g/mol. The molecule has 0 saturated carbocycles. The van der Waals surface area contributed by atoms with Crippen LogP contribution in [0.15, 0.2) is 24.3 Å². The van der Waals surface area contributed by atoms with Crippen molar-refractivity contribution in [3.05, 3.63) is 24.3 Å². The van der Waals surface area contributed by atoms with Gasteiger partial charge in [-0.25, -0.2) is 0 Å². The summed E-state index contributed by atoms with van der Waals surface area (Å²) in [5.74, 6) is -1.62. The number of ether oxygens (including phenoxy) is 1. The quantitative estimate of drug-likeness (QED) is 0.113. The van der Waals surface area contributed by atoms with Gasteiger partial charge < -0.3 is 34.4 Å². The summed E-state index contributed by atoms with van der Waals surface area (Å²) in [5.41, 5.74) is 0. The number of rotatable bonds is 19. The standard InChI is InChI=1S/C25H45NO7/c1-5-6-10-14-22(28)23(29)17-16-20(27)13-11-8-7-9-12-15-25(32)33-21(18-24(30)31)19-26(2,3)4/h6,10,16-17,20-23,27-29H,5,7-9,11-15,18-19H2,1-4H3/b10-6+,17-16+. The van der Waals surface area contributed by atoms with E-state index < -0.39 is 30.4 Å². The summed E-state index contributed by atoms with van der Waals surface area (Å²) in [6.45, 7) is 2.40. The Hall–Kier alpha value is -1.74. The van der Waals surface area contributed by atoms with Gasteiger partial charge in [-0.1, -0.05) is 56.9 Å². The van der Waals surface area contributed by atoms with Gasteiger partial charge >= 0.3 is 5.97 Å². The van der Waals surface area contributed by atoms with Gasteiger partial charge in [-0.05, 0) is 25.7 Å². The largest absolute Gasteiger partial charge is 0.550 e. The molecule has 0 bridgehead atoms. The van der Waals surface area contributed by atoms with E-state index in [1.807, 2.05) is 40.2 Å². The Morgan fingerprint density at radius 3 is 2.21 bits per heavy atom. The summed E-state index contributed by atoms with van der Waals surface area (Å²) in [6.07, 6.45) is 9.37. The van der Waals surface area contributed by atoms with Gasteiger partial charge in [-0.2, -0.15) is 0 Å². The van der Waals surface area contributed by atoms with Crippen LogP contribution in [-0.2, 0) is 14.3 Å². The van der Waals surface area contributed by atoms with Gasteiger partial charge in [0.25, 0.3) is 0 Å². The lowest BCUT2D eigenvalue weighted by Crippen LogP contribution is -2.45. The zero-order chi connectivity index (χ0) is 25.3. The molecule has 4 unspecified atom stereocenters. The van der Waals surface area contributed by atoms with Crippen molar-refractivity contribution < 1.29 is 39.2 Å². The Morgan fingerprint density at radius 2 is 1.61 bits per heavy atom. The third kappa shape index (κ3) is 19.4. The van der Waals surface area contributed by atoms with Crippen LogP contribution in [0.3, 0.4) is 0 Å². The predicted molar refractivity (Wildman–Crippen MR) is 126 cm³/mol. The topological polar surface area (TPSA) is 127 Å². The molecule has 192 valence electrons. The van der Waals surface area contributed by atoms with Crippen LogP contribution in [0.2, 0.25) is 0 Å². The van der Waals surface area contributed by atoms with Crippen LogP contribution in [0.25, 0.3) is 0 Å². The first kappa shape index (κ1) is 31.3. The molecule has 0 spiro atoms. The first-order valence-electron chi connectivity index (χ1n) is 12.0. The molecule has 0 aliphatic carbocycles. The van der Waals surface area contributed by atoms with E-state index >= 15 is 0 Å². The van der Waals surface area contributed by atoms with Crippen molar-refractivity contribution in [2.45, 2.75) is 95.5 Å². The number of carbonyl (C=O) groups excluding carboxylic acids is 2. The summed E-state index contributed by atoms with van der Waals surface area (Å²) in [6, 6.07) is 0. The molecule has 4 atom stereocenters. The van der Waals surface area contributed by atoms with Gasteiger partial charge in [0.15, 0.2) is 6.10 Å². The smallest absolute Gasteiger partial charge is 0.306 e. The fraction of sp³-hybridized carbons (Fsp3) is 0.760. The maximum atomic E-state index is 12.0. The van der Waals surface area contributed by atoms with Crippen LogP contribution in [0.4, 0.5) is 0 Å². The normalized spacial score (nSPS) is 16.1. The molecule has 33 heavy (non-hydrogen) atoms.